The lowest BCUT2D eigenvalue weighted by molar-refractivity contribution is 0.0954. The van der Waals surface area contributed by atoms with Crippen molar-refractivity contribution in [3.05, 3.63) is 59.7 Å². The van der Waals surface area contributed by atoms with Gasteiger partial charge in [-0.1, -0.05) is 6.07 Å². The monoisotopic (exact) mass is 259 g/mol. The van der Waals surface area contributed by atoms with Crippen molar-refractivity contribution in [2.45, 2.75) is 6.42 Å². The summed E-state index contributed by atoms with van der Waals surface area (Å²) in [6, 6.07) is 9.53. The Labute approximate surface area is 110 Å². The molecule has 2 rings (SSSR count). The molecular formula is C14H14FN3O. The van der Waals surface area contributed by atoms with Crippen molar-refractivity contribution < 1.29 is 9.18 Å². The number of amides is 1. The van der Waals surface area contributed by atoms with Crippen LogP contribution in [0.5, 0.6) is 0 Å². The molecule has 1 amide bonds. The molecule has 5 heteroatoms. The van der Waals surface area contributed by atoms with Crippen LogP contribution in [0.3, 0.4) is 0 Å². The van der Waals surface area contributed by atoms with E-state index in [2.05, 4.69) is 10.3 Å². The minimum atomic E-state index is -0.523. The molecule has 0 saturated carbocycles. The van der Waals surface area contributed by atoms with Crippen molar-refractivity contribution in [2.75, 3.05) is 12.3 Å². The van der Waals surface area contributed by atoms with Gasteiger partial charge < -0.3 is 11.1 Å². The summed E-state index contributed by atoms with van der Waals surface area (Å²) < 4.78 is 13.0. The molecule has 0 radical (unpaired) electrons. The van der Waals surface area contributed by atoms with E-state index in [9.17, 15) is 9.18 Å². The number of anilines is 1. The van der Waals surface area contributed by atoms with Crippen molar-refractivity contribution in [3.63, 3.8) is 0 Å². The van der Waals surface area contributed by atoms with Crippen molar-refractivity contribution in [1.29, 1.82) is 0 Å². The van der Waals surface area contributed by atoms with Gasteiger partial charge in [0.25, 0.3) is 5.91 Å². The van der Waals surface area contributed by atoms with E-state index in [1.807, 2.05) is 18.2 Å². The molecule has 0 bridgehead atoms. The van der Waals surface area contributed by atoms with Crippen LogP contribution in [-0.4, -0.2) is 17.4 Å². The van der Waals surface area contributed by atoms with E-state index >= 15 is 0 Å². The molecule has 2 aromatic rings. The average molecular weight is 259 g/mol. The van der Waals surface area contributed by atoms with Crippen LogP contribution in [-0.2, 0) is 6.42 Å². The van der Waals surface area contributed by atoms with Crippen LogP contribution < -0.4 is 11.1 Å². The molecule has 0 aliphatic carbocycles. The number of rotatable bonds is 4. The summed E-state index contributed by atoms with van der Waals surface area (Å²) in [5.74, 6) is -0.798. The van der Waals surface area contributed by atoms with Gasteiger partial charge in [0.2, 0.25) is 0 Å². The minimum Gasteiger partial charge on any atom is -0.396 e. The SMILES string of the molecule is Nc1cc(C(=O)NCCc2ccccn2)ccc1F. The summed E-state index contributed by atoms with van der Waals surface area (Å²) in [5.41, 5.74) is 6.63. The fraction of sp³-hybridized carbons (Fsp3) is 0.143. The van der Waals surface area contributed by atoms with Gasteiger partial charge in [-0.2, -0.15) is 0 Å². The highest BCUT2D eigenvalue weighted by molar-refractivity contribution is 5.95. The number of halogens is 1. The first-order valence-corrected chi connectivity index (χ1v) is 5.90. The van der Waals surface area contributed by atoms with Crippen molar-refractivity contribution in [1.82, 2.24) is 10.3 Å². The molecule has 4 nitrogen and oxygen atoms in total. The molecule has 0 aliphatic heterocycles. The number of nitrogens with zero attached hydrogens (tertiary/aromatic N) is 1. The van der Waals surface area contributed by atoms with Crippen LogP contribution in [0.4, 0.5) is 10.1 Å². The quantitative estimate of drug-likeness (QED) is 0.822. The highest BCUT2D eigenvalue weighted by Crippen LogP contribution is 2.11. The zero-order chi connectivity index (χ0) is 13.7. The number of nitrogens with one attached hydrogen (secondary N) is 1. The minimum absolute atomic E-state index is 0.0302. The predicted molar refractivity (Wildman–Crippen MR) is 71.1 cm³/mol. The van der Waals surface area contributed by atoms with Gasteiger partial charge in [0, 0.05) is 30.4 Å². The van der Waals surface area contributed by atoms with Crippen LogP contribution in [0.15, 0.2) is 42.6 Å². The maximum Gasteiger partial charge on any atom is 0.251 e. The summed E-state index contributed by atoms with van der Waals surface area (Å²) in [7, 11) is 0. The van der Waals surface area contributed by atoms with Gasteiger partial charge in [0.05, 0.1) is 5.69 Å². The number of nitrogen functional groups attached to an aromatic ring is 1. The van der Waals surface area contributed by atoms with Crippen molar-refractivity contribution in [3.8, 4) is 0 Å². The Kier molecular flexibility index (Phi) is 4.07. The number of carbonyl (C=O) groups is 1. The zero-order valence-corrected chi connectivity index (χ0v) is 10.3. The Balaban J connectivity index is 1.89. The highest BCUT2D eigenvalue weighted by Gasteiger charge is 2.07. The summed E-state index contributed by atoms with van der Waals surface area (Å²) in [6.45, 7) is 0.465. The van der Waals surface area contributed by atoms with Crippen LogP contribution in [0.25, 0.3) is 0 Å². The summed E-state index contributed by atoms with van der Waals surface area (Å²) >= 11 is 0. The van der Waals surface area contributed by atoms with Gasteiger partial charge in [-0.05, 0) is 30.3 Å². The van der Waals surface area contributed by atoms with Gasteiger partial charge in [0.1, 0.15) is 5.82 Å². The maximum atomic E-state index is 13.0. The third-order valence-electron chi connectivity index (χ3n) is 2.65. The Morgan fingerprint density at radius 1 is 1.32 bits per heavy atom. The second kappa shape index (κ2) is 5.95. The number of pyridine rings is 1. The molecule has 1 aromatic heterocycles. The number of hydrogen-bond donors (Lipinski definition) is 2. The summed E-state index contributed by atoms with van der Waals surface area (Å²) in [6.07, 6.45) is 2.35. The Morgan fingerprint density at radius 3 is 2.84 bits per heavy atom. The molecule has 1 aromatic carbocycles. The van der Waals surface area contributed by atoms with E-state index in [1.54, 1.807) is 6.20 Å². The van der Waals surface area contributed by atoms with Crippen LogP contribution in [0.2, 0.25) is 0 Å². The second-order valence-corrected chi connectivity index (χ2v) is 4.06. The van der Waals surface area contributed by atoms with E-state index in [4.69, 9.17) is 5.73 Å². The van der Waals surface area contributed by atoms with E-state index in [0.717, 1.165) is 5.69 Å². The molecule has 0 aliphatic rings. The fourth-order valence-electron chi connectivity index (χ4n) is 1.64. The standard InChI is InChI=1S/C14H14FN3O/c15-12-5-4-10(9-13(12)16)14(19)18-8-6-11-3-1-2-7-17-11/h1-5,7,9H,6,8,16H2,(H,18,19). The molecule has 0 saturated heterocycles. The first-order valence-electron chi connectivity index (χ1n) is 5.90. The van der Waals surface area contributed by atoms with Gasteiger partial charge >= 0.3 is 0 Å². The summed E-state index contributed by atoms with van der Waals surface area (Å²) in [5, 5.41) is 2.74. The van der Waals surface area contributed by atoms with Crippen LogP contribution in [0.1, 0.15) is 16.1 Å². The topological polar surface area (TPSA) is 68.0 Å². The molecule has 0 spiro atoms. The number of aromatic nitrogens is 1. The lowest BCUT2D eigenvalue weighted by Gasteiger charge is -2.06. The molecule has 98 valence electrons. The fourth-order valence-corrected chi connectivity index (χ4v) is 1.64. The van der Waals surface area contributed by atoms with Crippen molar-refractivity contribution >= 4 is 11.6 Å². The van der Waals surface area contributed by atoms with Gasteiger partial charge in [-0.25, -0.2) is 4.39 Å². The Hall–Kier alpha value is -2.43. The number of benzene rings is 1. The Morgan fingerprint density at radius 2 is 2.16 bits per heavy atom. The largest absolute Gasteiger partial charge is 0.396 e. The van der Waals surface area contributed by atoms with Crippen LogP contribution >= 0.6 is 0 Å². The van der Waals surface area contributed by atoms with E-state index in [0.29, 0.717) is 18.5 Å². The summed E-state index contributed by atoms with van der Waals surface area (Å²) in [4.78, 5) is 15.9. The predicted octanol–water partition coefficient (Wildman–Crippen LogP) is 1.78. The third kappa shape index (κ3) is 3.51. The smallest absolute Gasteiger partial charge is 0.251 e. The molecule has 19 heavy (non-hydrogen) atoms. The lowest BCUT2D eigenvalue weighted by atomic mass is 10.2. The number of nitrogens with two attached hydrogens (primary N) is 1. The molecule has 0 fully saturated rings. The highest BCUT2D eigenvalue weighted by atomic mass is 19.1. The van der Waals surface area contributed by atoms with Gasteiger partial charge in [-0.15, -0.1) is 0 Å². The number of carbonyl (C=O) groups excluding carboxylic acids is 1. The van der Waals surface area contributed by atoms with Crippen molar-refractivity contribution in [2.24, 2.45) is 0 Å². The molecule has 1 heterocycles. The normalized spacial score (nSPS) is 10.2. The maximum absolute atomic E-state index is 13.0. The molecule has 3 N–H and O–H groups in total. The number of hydrogen-bond acceptors (Lipinski definition) is 3. The van der Waals surface area contributed by atoms with E-state index in [1.165, 1.54) is 18.2 Å². The average Bonchev–Trinajstić information content (AvgIpc) is 2.43. The molecule has 0 unspecified atom stereocenters. The van der Waals surface area contributed by atoms with E-state index in [-0.39, 0.29) is 11.6 Å². The second-order valence-electron chi connectivity index (χ2n) is 4.06. The zero-order valence-electron chi connectivity index (χ0n) is 10.3. The molecular weight excluding hydrogens is 245 g/mol. The van der Waals surface area contributed by atoms with E-state index < -0.39 is 5.82 Å². The third-order valence-corrected chi connectivity index (χ3v) is 2.65. The van der Waals surface area contributed by atoms with Crippen LogP contribution in [0, 0.1) is 5.82 Å². The van der Waals surface area contributed by atoms with Gasteiger partial charge in [-0.3, -0.25) is 9.78 Å². The first-order chi connectivity index (χ1) is 9.16. The molecule has 0 atom stereocenters. The lowest BCUT2D eigenvalue weighted by Crippen LogP contribution is -2.26. The first kappa shape index (κ1) is 13.0. The van der Waals surface area contributed by atoms with Gasteiger partial charge in [0.15, 0.2) is 0 Å². The Bertz CT molecular complexity index is 572.